The van der Waals surface area contributed by atoms with E-state index in [2.05, 4.69) is 10.3 Å². The minimum Gasteiger partial charge on any atom is -0.480 e. The molecular formula is C17H20N2O5. The van der Waals surface area contributed by atoms with Crippen LogP contribution in [-0.4, -0.2) is 41.7 Å². The number of aromatic nitrogens is 1. The van der Waals surface area contributed by atoms with Gasteiger partial charge >= 0.3 is 5.97 Å². The second-order valence-electron chi connectivity index (χ2n) is 5.30. The predicted molar refractivity (Wildman–Crippen MR) is 86.4 cm³/mol. The Kier molecular flexibility index (Phi) is 6.08. The number of amides is 1. The first-order valence-corrected chi connectivity index (χ1v) is 7.54. The maximum Gasteiger partial charge on any atom is 0.326 e. The van der Waals surface area contributed by atoms with Crippen LogP contribution in [0.5, 0.6) is 0 Å². The summed E-state index contributed by atoms with van der Waals surface area (Å²) >= 11 is 0. The van der Waals surface area contributed by atoms with Crippen molar-refractivity contribution in [3.8, 4) is 11.5 Å². The molecule has 0 aliphatic heterocycles. The lowest BCUT2D eigenvalue weighted by Gasteiger charge is -2.13. The van der Waals surface area contributed by atoms with E-state index in [-0.39, 0.29) is 19.4 Å². The summed E-state index contributed by atoms with van der Waals surface area (Å²) in [5, 5.41) is 11.6. The number of carboxylic acids is 1. The fourth-order valence-corrected chi connectivity index (χ4v) is 2.19. The van der Waals surface area contributed by atoms with Crippen LogP contribution in [0.1, 0.15) is 17.9 Å². The maximum absolute atomic E-state index is 12.1. The molecule has 2 aromatic rings. The number of ether oxygens (including phenoxy) is 1. The van der Waals surface area contributed by atoms with Gasteiger partial charge in [0.05, 0.1) is 12.1 Å². The molecule has 7 heteroatoms. The third-order valence-electron chi connectivity index (χ3n) is 3.49. The molecule has 128 valence electrons. The molecule has 2 rings (SSSR count). The number of benzene rings is 1. The molecule has 24 heavy (non-hydrogen) atoms. The van der Waals surface area contributed by atoms with E-state index < -0.39 is 17.9 Å². The molecule has 1 aromatic heterocycles. The van der Waals surface area contributed by atoms with Crippen LogP contribution in [0.25, 0.3) is 11.5 Å². The Balaban J connectivity index is 2.04. The average molecular weight is 332 g/mol. The lowest BCUT2D eigenvalue weighted by Crippen LogP contribution is -2.42. The maximum atomic E-state index is 12.1. The van der Waals surface area contributed by atoms with Gasteiger partial charge in [0.1, 0.15) is 11.8 Å². The van der Waals surface area contributed by atoms with E-state index in [1.165, 1.54) is 7.11 Å². The molecule has 1 atom stereocenters. The number of hydrogen-bond donors (Lipinski definition) is 2. The topological polar surface area (TPSA) is 102 Å². The van der Waals surface area contributed by atoms with Crippen LogP contribution in [-0.2, 0) is 20.7 Å². The SMILES string of the molecule is COCCC(NC(=O)Cc1nc(-c2ccccc2)oc1C)C(=O)O. The number of aliphatic carboxylic acids is 1. The highest BCUT2D eigenvalue weighted by molar-refractivity contribution is 5.84. The summed E-state index contributed by atoms with van der Waals surface area (Å²) in [6.45, 7) is 1.97. The monoisotopic (exact) mass is 332 g/mol. The van der Waals surface area contributed by atoms with Crippen molar-refractivity contribution < 1.29 is 23.8 Å². The molecule has 1 unspecified atom stereocenters. The van der Waals surface area contributed by atoms with Gasteiger partial charge in [0.25, 0.3) is 0 Å². The zero-order valence-corrected chi connectivity index (χ0v) is 13.6. The number of nitrogens with one attached hydrogen (secondary N) is 1. The van der Waals surface area contributed by atoms with E-state index >= 15 is 0 Å². The van der Waals surface area contributed by atoms with Crippen molar-refractivity contribution in [1.82, 2.24) is 10.3 Å². The van der Waals surface area contributed by atoms with Crippen LogP contribution in [0.2, 0.25) is 0 Å². The Morgan fingerprint density at radius 1 is 1.33 bits per heavy atom. The van der Waals surface area contributed by atoms with Gasteiger partial charge in [-0.15, -0.1) is 0 Å². The number of oxazole rings is 1. The van der Waals surface area contributed by atoms with Crippen molar-refractivity contribution in [1.29, 1.82) is 0 Å². The molecule has 0 aliphatic rings. The number of carboxylic acid groups (broad SMARTS) is 1. The molecule has 0 fully saturated rings. The molecule has 1 heterocycles. The van der Waals surface area contributed by atoms with E-state index in [9.17, 15) is 9.59 Å². The number of hydrogen-bond acceptors (Lipinski definition) is 5. The predicted octanol–water partition coefficient (Wildman–Crippen LogP) is 1.80. The minimum absolute atomic E-state index is 0.0427. The molecule has 0 saturated heterocycles. The molecule has 0 saturated carbocycles. The summed E-state index contributed by atoms with van der Waals surface area (Å²) < 4.78 is 10.4. The van der Waals surface area contributed by atoms with Gasteiger partial charge < -0.3 is 19.6 Å². The number of carbonyl (C=O) groups excluding carboxylic acids is 1. The van der Waals surface area contributed by atoms with Gasteiger partial charge in [0.15, 0.2) is 0 Å². The van der Waals surface area contributed by atoms with Gasteiger partial charge in [-0.3, -0.25) is 4.79 Å². The molecule has 0 bridgehead atoms. The van der Waals surface area contributed by atoms with Gasteiger partial charge in [0, 0.05) is 25.7 Å². The van der Waals surface area contributed by atoms with Gasteiger partial charge in [0.2, 0.25) is 11.8 Å². The van der Waals surface area contributed by atoms with Crippen LogP contribution in [0, 0.1) is 6.92 Å². The van der Waals surface area contributed by atoms with E-state index in [0.717, 1.165) is 5.56 Å². The lowest BCUT2D eigenvalue weighted by atomic mass is 10.2. The van der Waals surface area contributed by atoms with E-state index in [1.54, 1.807) is 6.92 Å². The summed E-state index contributed by atoms with van der Waals surface area (Å²) in [7, 11) is 1.48. The number of rotatable bonds is 8. The first-order chi connectivity index (χ1) is 11.5. The normalized spacial score (nSPS) is 11.9. The van der Waals surface area contributed by atoms with Crippen molar-refractivity contribution in [2.24, 2.45) is 0 Å². The summed E-state index contributed by atoms with van der Waals surface area (Å²) in [5.74, 6) is -0.547. The lowest BCUT2D eigenvalue weighted by molar-refractivity contribution is -0.142. The summed E-state index contributed by atoms with van der Waals surface area (Å²) in [5.41, 5.74) is 1.30. The highest BCUT2D eigenvalue weighted by Crippen LogP contribution is 2.21. The first-order valence-electron chi connectivity index (χ1n) is 7.54. The average Bonchev–Trinajstić information content (AvgIpc) is 2.93. The van der Waals surface area contributed by atoms with Gasteiger partial charge in [-0.1, -0.05) is 18.2 Å². The van der Waals surface area contributed by atoms with Crippen molar-refractivity contribution in [2.75, 3.05) is 13.7 Å². The van der Waals surface area contributed by atoms with Crippen LogP contribution in [0.15, 0.2) is 34.7 Å². The van der Waals surface area contributed by atoms with Gasteiger partial charge in [-0.05, 0) is 19.1 Å². The number of methoxy groups -OCH3 is 1. The molecule has 0 radical (unpaired) electrons. The molecule has 1 aromatic carbocycles. The molecule has 1 amide bonds. The summed E-state index contributed by atoms with van der Waals surface area (Å²) in [6, 6.07) is 8.36. The summed E-state index contributed by atoms with van der Waals surface area (Å²) in [6.07, 6.45) is 0.156. The molecule has 7 nitrogen and oxygen atoms in total. The highest BCUT2D eigenvalue weighted by atomic mass is 16.5. The zero-order valence-electron chi connectivity index (χ0n) is 13.6. The molecule has 0 aliphatic carbocycles. The van der Waals surface area contributed by atoms with Crippen LogP contribution < -0.4 is 5.32 Å². The van der Waals surface area contributed by atoms with Crippen molar-refractivity contribution >= 4 is 11.9 Å². The Morgan fingerprint density at radius 2 is 2.04 bits per heavy atom. The zero-order chi connectivity index (χ0) is 17.5. The van der Waals surface area contributed by atoms with Crippen LogP contribution in [0.4, 0.5) is 0 Å². The third-order valence-corrected chi connectivity index (χ3v) is 3.49. The third kappa shape index (κ3) is 4.66. The van der Waals surface area contributed by atoms with Crippen molar-refractivity contribution in [3.63, 3.8) is 0 Å². The van der Waals surface area contributed by atoms with Crippen molar-refractivity contribution in [3.05, 3.63) is 41.8 Å². The standard InChI is InChI=1S/C17H20N2O5/c1-11-14(19-16(24-11)12-6-4-3-5-7-12)10-15(20)18-13(17(21)22)8-9-23-2/h3-7,13H,8-10H2,1-2H3,(H,18,20)(H,21,22). The van der Waals surface area contributed by atoms with Gasteiger partial charge in [-0.2, -0.15) is 0 Å². The van der Waals surface area contributed by atoms with Crippen molar-refractivity contribution in [2.45, 2.75) is 25.8 Å². The smallest absolute Gasteiger partial charge is 0.326 e. The summed E-state index contributed by atoms with van der Waals surface area (Å²) in [4.78, 5) is 27.6. The Hall–Kier alpha value is -2.67. The molecule has 0 spiro atoms. The Morgan fingerprint density at radius 3 is 2.67 bits per heavy atom. The second-order valence-corrected chi connectivity index (χ2v) is 5.30. The quantitative estimate of drug-likeness (QED) is 0.764. The van der Waals surface area contributed by atoms with Crippen LogP contribution >= 0.6 is 0 Å². The fourth-order valence-electron chi connectivity index (χ4n) is 2.19. The van der Waals surface area contributed by atoms with Gasteiger partial charge in [-0.25, -0.2) is 9.78 Å². The number of carbonyl (C=O) groups is 2. The molecule has 2 N–H and O–H groups in total. The van der Waals surface area contributed by atoms with Crippen LogP contribution in [0.3, 0.4) is 0 Å². The second kappa shape index (κ2) is 8.26. The Labute approximate surface area is 139 Å². The van der Waals surface area contributed by atoms with E-state index in [4.69, 9.17) is 14.3 Å². The molecular weight excluding hydrogens is 312 g/mol. The largest absolute Gasteiger partial charge is 0.480 e. The number of nitrogens with zero attached hydrogens (tertiary/aromatic N) is 1. The first kappa shape index (κ1) is 17.7. The highest BCUT2D eigenvalue weighted by Gasteiger charge is 2.21. The van der Waals surface area contributed by atoms with E-state index in [0.29, 0.717) is 17.3 Å². The fraction of sp³-hybridized carbons (Fsp3) is 0.353. The Bertz CT molecular complexity index is 696. The minimum atomic E-state index is -1.10. The number of aryl methyl sites for hydroxylation is 1. The van der Waals surface area contributed by atoms with E-state index in [1.807, 2.05) is 30.3 Å².